The highest BCUT2D eigenvalue weighted by molar-refractivity contribution is 8.01. The quantitative estimate of drug-likeness (QED) is 0.286. The van der Waals surface area contributed by atoms with Gasteiger partial charge in [-0.1, -0.05) is 77.7 Å². The number of hydrogen-bond acceptors (Lipinski definition) is 6. The summed E-state index contributed by atoms with van der Waals surface area (Å²) in [6.07, 6.45) is 1.77. The van der Waals surface area contributed by atoms with Crippen molar-refractivity contribution < 1.29 is 9.59 Å². The molecule has 0 spiro atoms. The van der Waals surface area contributed by atoms with E-state index in [1.54, 1.807) is 54.6 Å². The number of nitrogens with one attached hydrogen (secondary N) is 1. The van der Waals surface area contributed by atoms with Crippen molar-refractivity contribution in [2.45, 2.75) is 4.34 Å². The van der Waals surface area contributed by atoms with Crippen LogP contribution >= 0.6 is 23.1 Å². The molecule has 7 heteroatoms. The number of carbonyl (C=O) groups excluding carboxylic acids is 2. The molecule has 0 atom stereocenters. The molecule has 0 aliphatic rings. The van der Waals surface area contributed by atoms with Gasteiger partial charge >= 0.3 is 0 Å². The molecule has 0 bridgehead atoms. The molecule has 0 aliphatic heterocycles. The fraction of sp³-hybridized carbons (Fsp3) is 0.0526. The second-order valence-corrected chi connectivity index (χ2v) is 7.41. The van der Waals surface area contributed by atoms with Gasteiger partial charge in [0.2, 0.25) is 5.13 Å². The Morgan fingerprint density at radius 3 is 2.46 bits per heavy atom. The SMILES string of the molecule is C=CCSc1nnc(NC(=O)c2ccccc2C(=O)c2ccccc2)s1. The van der Waals surface area contributed by atoms with Crippen LogP contribution in [0.15, 0.2) is 71.6 Å². The molecule has 1 aromatic heterocycles. The van der Waals surface area contributed by atoms with Gasteiger partial charge in [0.15, 0.2) is 10.1 Å². The van der Waals surface area contributed by atoms with Crippen molar-refractivity contribution in [1.29, 1.82) is 0 Å². The van der Waals surface area contributed by atoms with E-state index in [9.17, 15) is 9.59 Å². The summed E-state index contributed by atoms with van der Waals surface area (Å²) in [5.41, 5.74) is 1.19. The summed E-state index contributed by atoms with van der Waals surface area (Å²) < 4.78 is 0.744. The third-order valence-corrected chi connectivity index (χ3v) is 5.37. The minimum Gasteiger partial charge on any atom is -0.296 e. The Hall–Kier alpha value is -2.77. The first kappa shape index (κ1) is 18.0. The Balaban J connectivity index is 1.81. The maximum Gasteiger partial charge on any atom is 0.258 e. The summed E-state index contributed by atoms with van der Waals surface area (Å²) in [7, 11) is 0. The molecule has 1 N–H and O–H groups in total. The Morgan fingerprint density at radius 1 is 1.04 bits per heavy atom. The smallest absolute Gasteiger partial charge is 0.258 e. The lowest BCUT2D eigenvalue weighted by atomic mass is 9.98. The second-order valence-electron chi connectivity index (χ2n) is 5.17. The highest BCUT2D eigenvalue weighted by atomic mass is 32.2. The molecule has 3 aromatic rings. The Labute approximate surface area is 159 Å². The predicted molar refractivity (Wildman–Crippen MR) is 105 cm³/mol. The van der Waals surface area contributed by atoms with Crippen LogP contribution in [0.5, 0.6) is 0 Å². The van der Waals surface area contributed by atoms with Crippen LogP contribution in [-0.2, 0) is 0 Å². The number of benzene rings is 2. The van der Waals surface area contributed by atoms with E-state index >= 15 is 0 Å². The number of aromatic nitrogens is 2. The van der Waals surface area contributed by atoms with Gasteiger partial charge in [-0.05, 0) is 6.07 Å². The van der Waals surface area contributed by atoms with Crippen molar-refractivity contribution in [2.24, 2.45) is 0 Å². The maximum absolute atomic E-state index is 12.7. The fourth-order valence-corrected chi connectivity index (χ4v) is 3.75. The topological polar surface area (TPSA) is 72.0 Å². The van der Waals surface area contributed by atoms with E-state index in [1.165, 1.54) is 23.1 Å². The van der Waals surface area contributed by atoms with Crippen LogP contribution in [0.1, 0.15) is 26.3 Å². The molecule has 130 valence electrons. The molecular formula is C19H15N3O2S2. The fourth-order valence-electron chi connectivity index (χ4n) is 2.24. The molecule has 26 heavy (non-hydrogen) atoms. The van der Waals surface area contributed by atoms with E-state index in [-0.39, 0.29) is 11.7 Å². The Kier molecular flexibility index (Phi) is 5.93. The first-order chi connectivity index (χ1) is 12.7. The Bertz CT molecular complexity index is 939. The van der Waals surface area contributed by atoms with Crippen LogP contribution in [-0.4, -0.2) is 27.6 Å². The van der Waals surface area contributed by atoms with E-state index in [0.29, 0.717) is 21.8 Å². The van der Waals surface area contributed by atoms with Crippen LogP contribution in [0.2, 0.25) is 0 Å². The van der Waals surface area contributed by atoms with Crippen LogP contribution in [0.4, 0.5) is 5.13 Å². The van der Waals surface area contributed by atoms with Gasteiger partial charge in [0.05, 0.1) is 5.56 Å². The molecule has 2 aromatic carbocycles. The summed E-state index contributed by atoms with van der Waals surface area (Å²) in [6, 6.07) is 15.6. The van der Waals surface area contributed by atoms with E-state index in [1.807, 2.05) is 6.07 Å². The van der Waals surface area contributed by atoms with E-state index < -0.39 is 0 Å². The number of carbonyl (C=O) groups is 2. The van der Waals surface area contributed by atoms with Crippen molar-refractivity contribution >= 4 is 39.9 Å². The van der Waals surface area contributed by atoms with Crippen molar-refractivity contribution in [3.05, 3.63) is 83.9 Å². The van der Waals surface area contributed by atoms with Crippen LogP contribution in [0, 0.1) is 0 Å². The lowest BCUT2D eigenvalue weighted by molar-refractivity contribution is 0.0996. The van der Waals surface area contributed by atoms with E-state index in [4.69, 9.17) is 0 Å². The minimum atomic E-state index is -0.388. The second kappa shape index (κ2) is 8.55. The van der Waals surface area contributed by atoms with Gasteiger partial charge in [-0.25, -0.2) is 0 Å². The number of amides is 1. The van der Waals surface area contributed by atoms with Crippen LogP contribution < -0.4 is 5.32 Å². The number of ketones is 1. The molecule has 0 aliphatic carbocycles. The normalized spacial score (nSPS) is 10.3. The largest absolute Gasteiger partial charge is 0.296 e. The molecular weight excluding hydrogens is 366 g/mol. The average Bonchev–Trinajstić information content (AvgIpc) is 3.13. The first-order valence-electron chi connectivity index (χ1n) is 7.76. The third kappa shape index (κ3) is 4.25. The van der Waals surface area contributed by atoms with Crippen molar-refractivity contribution in [3.8, 4) is 0 Å². The minimum absolute atomic E-state index is 0.198. The van der Waals surface area contributed by atoms with Crippen LogP contribution in [0.25, 0.3) is 0 Å². The third-order valence-electron chi connectivity index (χ3n) is 3.40. The summed E-state index contributed by atoms with van der Waals surface area (Å²) in [6.45, 7) is 3.66. The zero-order valence-electron chi connectivity index (χ0n) is 13.7. The van der Waals surface area contributed by atoms with E-state index in [0.717, 1.165) is 10.1 Å². The molecule has 3 rings (SSSR count). The monoisotopic (exact) mass is 381 g/mol. The maximum atomic E-state index is 12.7. The molecule has 0 saturated heterocycles. The first-order valence-corrected chi connectivity index (χ1v) is 9.56. The Morgan fingerprint density at radius 2 is 1.73 bits per heavy atom. The van der Waals surface area contributed by atoms with Gasteiger partial charge in [0.25, 0.3) is 5.91 Å². The summed E-state index contributed by atoms with van der Waals surface area (Å²) in [5.74, 6) is 0.133. The molecule has 0 saturated carbocycles. The van der Waals surface area contributed by atoms with Crippen molar-refractivity contribution in [2.75, 3.05) is 11.1 Å². The molecule has 1 amide bonds. The predicted octanol–water partition coefficient (Wildman–Crippen LogP) is 4.30. The highest BCUT2D eigenvalue weighted by Crippen LogP contribution is 2.26. The summed E-state index contributed by atoms with van der Waals surface area (Å²) in [5, 5.41) is 11.1. The zero-order valence-corrected chi connectivity index (χ0v) is 15.3. The van der Waals surface area contributed by atoms with Gasteiger partial charge in [-0.3, -0.25) is 14.9 Å². The number of nitrogens with zero attached hydrogens (tertiary/aromatic N) is 2. The number of hydrogen-bond donors (Lipinski definition) is 1. The zero-order chi connectivity index (χ0) is 18.4. The molecule has 0 fully saturated rings. The van der Waals surface area contributed by atoms with Gasteiger partial charge in [0, 0.05) is 16.9 Å². The van der Waals surface area contributed by atoms with Crippen molar-refractivity contribution in [1.82, 2.24) is 10.2 Å². The number of anilines is 1. The van der Waals surface area contributed by atoms with Crippen molar-refractivity contribution in [3.63, 3.8) is 0 Å². The number of thioether (sulfide) groups is 1. The van der Waals surface area contributed by atoms with Gasteiger partial charge in [-0.15, -0.1) is 16.8 Å². The summed E-state index contributed by atoms with van der Waals surface area (Å²) >= 11 is 2.77. The van der Waals surface area contributed by atoms with Gasteiger partial charge in [-0.2, -0.15) is 0 Å². The lowest BCUT2D eigenvalue weighted by Crippen LogP contribution is -2.16. The van der Waals surface area contributed by atoms with E-state index in [2.05, 4.69) is 22.1 Å². The lowest BCUT2D eigenvalue weighted by Gasteiger charge is -2.08. The molecule has 5 nitrogen and oxygen atoms in total. The average molecular weight is 381 g/mol. The highest BCUT2D eigenvalue weighted by Gasteiger charge is 2.19. The standard InChI is InChI=1S/C19H15N3O2S2/c1-2-12-25-19-22-21-18(26-19)20-17(24)15-11-7-6-10-14(15)16(23)13-8-4-3-5-9-13/h2-11H,1,12H2,(H,20,21,24). The summed E-state index contributed by atoms with van der Waals surface area (Å²) in [4.78, 5) is 25.4. The van der Waals surface area contributed by atoms with Gasteiger partial charge in [0.1, 0.15) is 0 Å². The molecule has 0 unspecified atom stereocenters. The van der Waals surface area contributed by atoms with Crippen LogP contribution in [0.3, 0.4) is 0 Å². The van der Waals surface area contributed by atoms with Gasteiger partial charge < -0.3 is 0 Å². The molecule has 0 radical (unpaired) electrons. The molecule has 1 heterocycles. The number of rotatable bonds is 7.